The van der Waals surface area contributed by atoms with Gasteiger partial charge in [0.25, 0.3) is 5.91 Å². The molecule has 3 aromatic rings. The molecule has 0 saturated carbocycles. The maximum absolute atomic E-state index is 12.9. The van der Waals surface area contributed by atoms with Crippen LogP contribution in [0.5, 0.6) is 0 Å². The van der Waals surface area contributed by atoms with Crippen LogP contribution in [0.25, 0.3) is 11.4 Å². The number of aromatic nitrogens is 3. The topological polar surface area (TPSA) is 73.8 Å². The minimum Gasteiger partial charge on any atom is -0.368 e. The molecule has 0 saturated heterocycles. The summed E-state index contributed by atoms with van der Waals surface area (Å²) in [6.45, 7) is 3.97. The van der Waals surface area contributed by atoms with E-state index >= 15 is 0 Å². The summed E-state index contributed by atoms with van der Waals surface area (Å²) in [5, 5.41) is 4.35. The van der Waals surface area contributed by atoms with Crippen LogP contribution in [0.2, 0.25) is 0 Å². The van der Waals surface area contributed by atoms with Crippen molar-refractivity contribution in [3.63, 3.8) is 0 Å². The molecule has 1 heterocycles. The zero-order chi connectivity index (χ0) is 17.1. The van der Waals surface area contributed by atoms with Crippen LogP contribution in [0.15, 0.2) is 54.6 Å². The van der Waals surface area contributed by atoms with Crippen molar-refractivity contribution in [1.29, 1.82) is 0 Å². The summed E-state index contributed by atoms with van der Waals surface area (Å²) in [6, 6.07) is 17.5. The first kappa shape index (κ1) is 15.9. The van der Waals surface area contributed by atoms with Crippen molar-refractivity contribution >= 4 is 11.9 Å². The first-order chi connectivity index (χ1) is 11.6. The number of rotatable bonds is 4. The number of nitrogens with zero attached hydrogens (tertiary/aromatic N) is 3. The molecule has 2 N–H and O–H groups in total. The van der Waals surface area contributed by atoms with Gasteiger partial charge in [0.05, 0.1) is 5.92 Å². The van der Waals surface area contributed by atoms with E-state index in [1.54, 1.807) is 0 Å². The molecule has 2 aromatic carbocycles. The Hall–Kier alpha value is -2.95. The van der Waals surface area contributed by atoms with Gasteiger partial charge >= 0.3 is 0 Å². The van der Waals surface area contributed by atoms with Crippen LogP contribution < -0.4 is 5.73 Å². The quantitative estimate of drug-likeness (QED) is 0.796. The van der Waals surface area contributed by atoms with Gasteiger partial charge in [-0.1, -0.05) is 61.0 Å². The highest BCUT2D eigenvalue weighted by Crippen LogP contribution is 2.24. The molecule has 5 heteroatoms. The van der Waals surface area contributed by atoms with E-state index < -0.39 is 0 Å². The first-order valence-corrected chi connectivity index (χ1v) is 7.99. The van der Waals surface area contributed by atoms with Gasteiger partial charge in [-0.05, 0) is 25.0 Å². The Balaban J connectivity index is 1.96. The SMILES string of the molecule is CC[C@@H](C(=O)n1nc(-c2cccc(C)c2)nc1N)c1ccccc1. The lowest BCUT2D eigenvalue weighted by molar-refractivity contribution is 0.0862. The molecule has 0 aliphatic rings. The van der Waals surface area contributed by atoms with Gasteiger partial charge in [-0.3, -0.25) is 4.79 Å². The Morgan fingerprint density at radius 2 is 1.92 bits per heavy atom. The lowest BCUT2D eigenvalue weighted by Crippen LogP contribution is -2.22. The van der Waals surface area contributed by atoms with Crippen molar-refractivity contribution in [1.82, 2.24) is 14.8 Å². The number of hydrogen-bond donors (Lipinski definition) is 1. The summed E-state index contributed by atoms with van der Waals surface area (Å²) < 4.78 is 1.22. The largest absolute Gasteiger partial charge is 0.368 e. The fraction of sp³-hybridized carbons (Fsp3) is 0.211. The number of aryl methyl sites for hydroxylation is 1. The lowest BCUT2D eigenvalue weighted by atomic mass is 9.96. The highest BCUT2D eigenvalue weighted by Gasteiger charge is 2.24. The second-order valence-corrected chi connectivity index (χ2v) is 5.78. The molecule has 5 nitrogen and oxygen atoms in total. The van der Waals surface area contributed by atoms with Gasteiger partial charge in [0.1, 0.15) is 0 Å². The molecule has 3 rings (SSSR count). The van der Waals surface area contributed by atoms with E-state index in [0.717, 1.165) is 16.7 Å². The number of benzene rings is 2. The minimum atomic E-state index is -0.291. The fourth-order valence-corrected chi connectivity index (χ4v) is 2.78. The predicted molar refractivity (Wildman–Crippen MR) is 94.7 cm³/mol. The van der Waals surface area contributed by atoms with Crippen LogP contribution in [0, 0.1) is 6.92 Å². The van der Waals surface area contributed by atoms with Crippen molar-refractivity contribution in [2.45, 2.75) is 26.2 Å². The van der Waals surface area contributed by atoms with Crippen molar-refractivity contribution in [2.24, 2.45) is 0 Å². The predicted octanol–water partition coefficient (Wildman–Crippen LogP) is 3.67. The van der Waals surface area contributed by atoms with Gasteiger partial charge in [-0.2, -0.15) is 9.67 Å². The molecule has 0 bridgehead atoms. The van der Waals surface area contributed by atoms with Gasteiger partial charge in [0.15, 0.2) is 5.82 Å². The van der Waals surface area contributed by atoms with Gasteiger partial charge in [-0.25, -0.2) is 0 Å². The summed E-state index contributed by atoms with van der Waals surface area (Å²) in [6.07, 6.45) is 0.669. The number of carbonyl (C=O) groups excluding carboxylic acids is 1. The van der Waals surface area contributed by atoms with E-state index in [1.165, 1.54) is 4.68 Å². The number of nitrogens with two attached hydrogens (primary N) is 1. The summed E-state index contributed by atoms with van der Waals surface area (Å²) in [5.41, 5.74) is 8.86. The van der Waals surface area contributed by atoms with Crippen LogP contribution in [0.4, 0.5) is 5.95 Å². The molecule has 0 radical (unpaired) electrons. The molecule has 1 atom stereocenters. The summed E-state index contributed by atoms with van der Waals surface area (Å²) in [7, 11) is 0. The molecule has 24 heavy (non-hydrogen) atoms. The van der Waals surface area contributed by atoms with Crippen LogP contribution in [-0.2, 0) is 0 Å². The Bertz CT molecular complexity index is 855. The molecule has 0 aliphatic heterocycles. The standard InChI is InChI=1S/C19H20N4O/c1-3-16(14-9-5-4-6-10-14)18(24)23-19(20)21-17(22-23)15-11-7-8-13(2)12-15/h4-12,16H,3H2,1-2H3,(H2,20,21,22)/t16-/m1/s1. The highest BCUT2D eigenvalue weighted by atomic mass is 16.2. The molecular formula is C19H20N4O. The fourth-order valence-electron chi connectivity index (χ4n) is 2.78. The Labute approximate surface area is 141 Å². The second kappa shape index (κ2) is 6.66. The number of carbonyl (C=O) groups is 1. The average Bonchev–Trinajstić information content (AvgIpc) is 2.98. The highest BCUT2D eigenvalue weighted by molar-refractivity contribution is 5.87. The Kier molecular flexibility index (Phi) is 4.42. The smallest absolute Gasteiger partial charge is 0.257 e. The third kappa shape index (κ3) is 3.06. The van der Waals surface area contributed by atoms with Crippen molar-refractivity contribution in [3.8, 4) is 11.4 Å². The molecule has 1 aromatic heterocycles. The van der Waals surface area contributed by atoms with Crippen molar-refractivity contribution in [2.75, 3.05) is 5.73 Å². The molecule has 0 fully saturated rings. The van der Waals surface area contributed by atoms with Gasteiger partial charge in [-0.15, -0.1) is 5.10 Å². The van der Waals surface area contributed by atoms with Gasteiger partial charge in [0, 0.05) is 5.56 Å². The van der Waals surface area contributed by atoms with Crippen LogP contribution >= 0.6 is 0 Å². The van der Waals surface area contributed by atoms with Crippen LogP contribution in [-0.4, -0.2) is 20.7 Å². The van der Waals surface area contributed by atoms with Gasteiger partial charge < -0.3 is 5.73 Å². The van der Waals surface area contributed by atoms with Crippen molar-refractivity contribution < 1.29 is 4.79 Å². The van der Waals surface area contributed by atoms with E-state index in [2.05, 4.69) is 10.1 Å². The van der Waals surface area contributed by atoms with Crippen LogP contribution in [0.1, 0.15) is 35.2 Å². The molecule has 0 spiro atoms. The Morgan fingerprint density at radius 3 is 2.58 bits per heavy atom. The third-order valence-corrected chi connectivity index (χ3v) is 4.03. The number of hydrogen-bond acceptors (Lipinski definition) is 4. The molecule has 0 amide bonds. The average molecular weight is 320 g/mol. The monoisotopic (exact) mass is 320 g/mol. The zero-order valence-corrected chi connectivity index (χ0v) is 13.8. The molecular weight excluding hydrogens is 300 g/mol. The normalized spacial score (nSPS) is 12.1. The van der Waals surface area contributed by atoms with E-state index in [4.69, 9.17) is 5.73 Å². The van der Waals surface area contributed by atoms with E-state index in [9.17, 15) is 4.79 Å². The van der Waals surface area contributed by atoms with E-state index in [1.807, 2.05) is 68.4 Å². The molecule has 0 unspecified atom stereocenters. The first-order valence-electron chi connectivity index (χ1n) is 7.99. The lowest BCUT2D eigenvalue weighted by Gasteiger charge is -2.13. The number of nitrogen functional groups attached to an aromatic ring is 1. The Morgan fingerprint density at radius 1 is 1.17 bits per heavy atom. The van der Waals surface area contributed by atoms with Gasteiger partial charge in [0.2, 0.25) is 5.95 Å². The number of anilines is 1. The zero-order valence-electron chi connectivity index (χ0n) is 13.8. The van der Waals surface area contributed by atoms with Crippen molar-refractivity contribution in [3.05, 3.63) is 65.7 Å². The summed E-state index contributed by atoms with van der Waals surface area (Å²) >= 11 is 0. The summed E-state index contributed by atoms with van der Waals surface area (Å²) in [5.74, 6) is 0.131. The molecule has 0 aliphatic carbocycles. The van der Waals surface area contributed by atoms with E-state index in [0.29, 0.717) is 12.2 Å². The maximum Gasteiger partial charge on any atom is 0.257 e. The second-order valence-electron chi connectivity index (χ2n) is 5.78. The maximum atomic E-state index is 12.9. The third-order valence-electron chi connectivity index (χ3n) is 4.03. The minimum absolute atomic E-state index is 0.117. The van der Waals surface area contributed by atoms with E-state index in [-0.39, 0.29) is 17.8 Å². The summed E-state index contributed by atoms with van der Waals surface area (Å²) in [4.78, 5) is 17.2. The van der Waals surface area contributed by atoms with Crippen LogP contribution in [0.3, 0.4) is 0 Å². The molecule has 122 valence electrons.